The maximum absolute atomic E-state index is 13.8. The molecule has 0 unspecified atom stereocenters. The number of benzene rings is 3. The number of anilines is 2. The minimum atomic E-state index is -4.21. The van der Waals surface area contributed by atoms with Crippen LogP contribution >= 0.6 is 11.6 Å². The number of nitrogens with zero attached hydrogens (tertiary/aromatic N) is 1. The van der Waals surface area contributed by atoms with Crippen molar-refractivity contribution in [3.05, 3.63) is 76.3 Å². The van der Waals surface area contributed by atoms with Crippen molar-refractivity contribution in [1.82, 2.24) is 0 Å². The summed E-state index contributed by atoms with van der Waals surface area (Å²) in [5.74, 6) is 0.0469. The lowest BCUT2D eigenvalue weighted by molar-refractivity contribution is -0.114. The van der Waals surface area contributed by atoms with Gasteiger partial charge in [-0.1, -0.05) is 23.7 Å². The van der Waals surface area contributed by atoms with Crippen LogP contribution in [0.4, 0.5) is 11.4 Å². The number of carbonyl (C=O) groups is 1. The fraction of sp³-hybridized carbons (Fsp3) is 0.240. The molecule has 34 heavy (non-hydrogen) atoms. The van der Waals surface area contributed by atoms with Crippen LogP contribution in [0.15, 0.2) is 59.5 Å². The molecule has 1 N–H and O–H groups in total. The summed E-state index contributed by atoms with van der Waals surface area (Å²) in [4.78, 5) is 12.9. The largest absolute Gasteiger partial charge is 0.495 e. The van der Waals surface area contributed by atoms with Crippen molar-refractivity contribution in [2.75, 3.05) is 30.4 Å². The van der Waals surface area contributed by atoms with Gasteiger partial charge < -0.3 is 14.8 Å². The normalized spacial score (nSPS) is 11.1. The van der Waals surface area contributed by atoms with Crippen molar-refractivity contribution >= 4 is 38.9 Å². The zero-order valence-electron chi connectivity index (χ0n) is 19.7. The summed E-state index contributed by atoms with van der Waals surface area (Å²) in [5.41, 5.74) is 3.61. The van der Waals surface area contributed by atoms with Crippen LogP contribution in [0, 0.1) is 20.8 Å². The standard InChI is InChI=1S/C25H27ClN2O5S/c1-16-6-10-23(33-5)24(12-16)34(30,31)28(20-9-11-22(32-4)21(26)14-20)15-25(29)27-19-8-7-17(2)18(3)13-19/h6-14H,15H2,1-5H3,(H,27,29). The van der Waals surface area contributed by atoms with Gasteiger partial charge in [0.25, 0.3) is 10.0 Å². The van der Waals surface area contributed by atoms with Crippen molar-refractivity contribution in [1.29, 1.82) is 0 Å². The maximum Gasteiger partial charge on any atom is 0.268 e. The van der Waals surface area contributed by atoms with E-state index in [2.05, 4.69) is 5.32 Å². The van der Waals surface area contributed by atoms with Gasteiger partial charge in [-0.05, 0) is 79.9 Å². The molecule has 0 aliphatic carbocycles. The average molecular weight is 503 g/mol. The molecule has 7 nitrogen and oxygen atoms in total. The fourth-order valence-electron chi connectivity index (χ4n) is 3.38. The molecule has 180 valence electrons. The second-order valence-electron chi connectivity index (χ2n) is 7.83. The molecule has 0 saturated carbocycles. The molecular formula is C25H27ClN2O5S. The highest BCUT2D eigenvalue weighted by Gasteiger charge is 2.31. The van der Waals surface area contributed by atoms with E-state index in [1.165, 1.54) is 32.4 Å². The topological polar surface area (TPSA) is 84.9 Å². The van der Waals surface area contributed by atoms with Gasteiger partial charge in [-0.25, -0.2) is 8.42 Å². The highest BCUT2D eigenvalue weighted by atomic mass is 35.5. The number of hydrogen-bond acceptors (Lipinski definition) is 5. The van der Waals surface area contributed by atoms with Gasteiger partial charge in [0.15, 0.2) is 0 Å². The van der Waals surface area contributed by atoms with Crippen LogP contribution in [0.25, 0.3) is 0 Å². The molecule has 0 heterocycles. The first-order chi connectivity index (χ1) is 16.1. The zero-order valence-corrected chi connectivity index (χ0v) is 21.3. The number of rotatable bonds is 8. The Morgan fingerprint density at radius 3 is 2.21 bits per heavy atom. The van der Waals surface area contributed by atoms with Gasteiger partial charge >= 0.3 is 0 Å². The summed E-state index contributed by atoms with van der Waals surface area (Å²) in [6.07, 6.45) is 0. The number of carbonyl (C=O) groups excluding carboxylic acids is 1. The number of sulfonamides is 1. The van der Waals surface area contributed by atoms with Crippen molar-refractivity contribution in [3.8, 4) is 11.5 Å². The van der Waals surface area contributed by atoms with E-state index in [1.54, 1.807) is 31.2 Å². The summed E-state index contributed by atoms with van der Waals surface area (Å²) in [7, 11) is -1.35. The molecule has 9 heteroatoms. The maximum atomic E-state index is 13.8. The highest BCUT2D eigenvalue weighted by molar-refractivity contribution is 7.93. The lowest BCUT2D eigenvalue weighted by Gasteiger charge is -2.25. The molecule has 0 aromatic heterocycles. The average Bonchev–Trinajstić information content (AvgIpc) is 2.79. The second kappa shape index (κ2) is 10.4. The zero-order chi connectivity index (χ0) is 25.0. The summed E-state index contributed by atoms with van der Waals surface area (Å²) >= 11 is 6.28. The first-order valence-electron chi connectivity index (χ1n) is 10.4. The SMILES string of the molecule is COc1ccc(N(CC(=O)Nc2ccc(C)c(C)c2)S(=O)(=O)c2cc(C)ccc2OC)cc1Cl. The van der Waals surface area contributed by atoms with Gasteiger partial charge in [0.1, 0.15) is 22.9 Å². The van der Waals surface area contributed by atoms with Crippen LogP contribution in [0.3, 0.4) is 0 Å². The molecular weight excluding hydrogens is 476 g/mol. The van der Waals surface area contributed by atoms with Crippen LogP contribution in [-0.2, 0) is 14.8 Å². The summed E-state index contributed by atoms with van der Waals surface area (Å²) in [6, 6.07) is 14.9. The minimum absolute atomic E-state index is 0.0547. The molecule has 3 rings (SSSR count). The van der Waals surface area contributed by atoms with Crippen LogP contribution in [0.2, 0.25) is 5.02 Å². The molecule has 1 amide bonds. The van der Waals surface area contributed by atoms with Crippen molar-refractivity contribution in [2.45, 2.75) is 25.7 Å². The van der Waals surface area contributed by atoms with Gasteiger partial charge in [-0.15, -0.1) is 0 Å². The Morgan fingerprint density at radius 2 is 1.59 bits per heavy atom. The van der Waals surface area contributed by atoms with E-state index in [4.69, 9.17) is 21.1 Å². The van der Waals surface area contributed by atoms with Gasteiger partial charge in [0, 0.05) is 5.69 Å². The fourth-order valence-corrected chi connectivity index (χ4v) is 5.29. The number of amides is 1. The van der Waals surface area contributed by atoms with Gasteiger partial charge in [0.2, 0.25) is 5.91 Å². The number of halogens is 1. The van der Waals surface area contributed by atoms with Crippen LogP contribution in [0.1, 0.15) is 16.7 Å². The van der Waals surface area contributed by atoms with Crippen molar-refractivity contribution in [2.24, 2.45) is 0 Å². The summed E-state index contributed by atoms with van der Waals surface area (Å²) < 4.78 is 39.1. The Labute approximate surface area is 205 Å². The van der Waals surface area contributed by atoms with Gasteiger partial charge in [-0.3, -0.25) is 9.10 Å². The minimum Gasteiger partial charge on any atom is -0.495 e. The van der Waals surface area contributed by atoms with E-state index in [9.17, 15) is 13.2 Å². The van der Waals surface area contributed by atoms with Gasteiger partial charge in [-0.2, -0.15) is 0 Å². The molecule has 3 aromatic carbocycles. The third-order valence-electron chi connectivity index (χ3n) is 5.39. The number of hydrogen-bond donors (Lipinski definition) is 1. The molecule has 0 atom stereocenters. The lowest BCUT2D eigenvalue weighted by atomic mass is 10.1. The number of aryl methyl sites for hydroxylation is 3. The Kier molecular flexibility index (Phi) is 7.74. The molecule has 0 spiro atoms. The third kappa shape index (κ3) is 5.46. The van der Waals surface area contributed by atoms with E-state index in [0.29, 0.717) is 11.4 Å². The number of nitrogens with one attached hydrogen (secondary N) is 1. The molecule has 0 radical (unpaired) electrons. The van der Waals surface area contributed by atoms with E-state index in [0.717, 1.165) is 21.0 Å². The highest BCUT2D eigenvalue weighted by Crippen LogP contribution is 2.34. The van der Waals surface area contributed by atoms with Gasteiger partial charge in [0.05, 0.1) is 24.9 Å². The van der Waals surface area contributed by atoms with Crippen molar-refractivity contribution < 1.29 is 22.7 Å². The van der Waals surface area contributed by atoms with E-state index < -0.39 is 22.5 Å². The predicted octanol–water partition coefficient (Wildman–Crippen LogP) is 5.12. The van der Waals surface area contributed by atoms with E-state index >= 15 is 0 Å². The van der Waals surface area contributed by atoms with E-state index in [1.807, 2.05) is 26.0 Å². The van der Waals surface area contributed by atoms with Crippen molar-refractivity contribution in [3.63, 3.8) is 0 Å². The number of methoxy groups -OCH3 is 2. The Bertz CT molecular complexity index is 1320. The Hall–Kier alpha value is -3.23. The smallest absolute Gasteiger partial charge is 0.268 e. The summed E-state index contributed by atoms with van der Waals surface area (Å²) in [6.45, 7) is 5.21. The second-order valence-corrected chi connectivity index (χ2v) is 10.1. The molecule has 0 saturated heterocycles. The van der Waals surface area contributed by atoms with Crippen LogP contribution in [-0.4, -0.2) is 35.1 Å². The summed E-state index contributed by atoms with van der Waals surface area (Å²) in [5, 5.41) is 2.99. The molecule has 3 aromatic rings. The molecule has 0 bridgehead atoms. The molecule has 0 fully saturated rings. The Morgan fingerprint density at radius 1 is 0.912 bits per heavy atom. The third-order valence-corrected chi connectivity index (χ3v) is 7.48. The predicted molar refractivity (Wildman–Crippen MR) is 135 cm³/mol. The first kappa shape index (κ1) is 25.4. The quantitative estimate of drug-likeness (QED) is 0.462. The lowest BCUT2D eigenvalue weighted by Crippen LogP contribution is -2.38. The molecule has 0 aliphatic rings. The van der Waals surface area contributed by atoms with Crippen LogP contribution < -0.4 is 19.1 Å². The van der Waals surface area contributed by atoms with Crippen LogP contribution in [0.5, 0.6) is 11.5 Å². The number of ether oxygens (including phenoxy) is 2. The van der Waals surface area contributed by atoms with E-state index in [-0.39, 0.29) is 21.4 Å². The molecule has 0 aliphatic heterocycles. The monoisotopic (exact) mass is 502 g/mol. The Balaban J connectivity index is 2.05. The first-order valence-corrected chi connectivity index (χ1v) is 12.3.